The van der Waals surface area contributed by atoms with Gasteiger partial charge in [0.15, 0.2) is 0 Å². The topological polar surface area (TPSA) is 59.9 Å². The van der Waals surface area contributed by atoms with Crippen LogP contribution in [0, 0.1) is 0 Å². The molecule has 1 rings (SSSR count). The number of nitrogens with one attached hydrogen (secondary N) is 1. The van der Waals surface area contributed by atoms with Gasteiger partial charge in [0.1, 0.15) is 0 Å². The van der Waals surface area contributed by atoms with Crippen molar-refractivity contribution < 1.29 is 4.74 Å². The fourth-order valence-corrected chi connectivity index (χ4v) is 1.93. The smallest absolute Gasteiger partial charge is 0.322 e. The standard InChI is InChI=1S/C14H25ClN4O/c1-3-5-6-7-8-9-10-16-13-17-12(15)18-14(19-13)20-11-4-2/h3-11H2,1-2H3,(H,16,17,18,19). The second-order valence-corrected chi connectivity index (χ2v) is 5.09. The van der Waals surface area contributed by atoms with Crippen LogP contribution in [0.2, 0.25) is 5.28 Å². The number of aromatic nitrogens is 3. The van der Waals surface area contributed by atoms with E-state index in [1.807, 2.05) is 6.92 Å². The summed E-state index contributed by atoms with van der Waals surface area (Å²) in [6.45, 7) is 5.68. The summed E-state index contributed by atoms with van der Waals surface area (Å²) in [5.41, 5.74) is 0. The number of ether oxygens (including phenoxy) is 1. The molecule has 0 unspecified atom stereocenters. The lowest BCUT2D eigenvalue weighted by Crippen LogP contribution is -2.08. The normalized spacial score (nSPS) is 10.6. The van der Waals surface area contributed by atoms with Crippen LogP contribution in [0.5, 0.6) is 6.01 Å². The minimum absolute atomic E-state index is 0.163. The molecule has 0 saturated carbocycles. The highest BCUT2D eigenvalue weighted by Crippen LogP contribution is 2.12. The van der Waals surface area contributed by atoms with Crippen LogP contribution < -0.4 is 10.1 Å². The summed E-state index contributed by atoms with van der Waals surface area (Å²) in [5.74, 6) is 0.490. The number of rotatable bonds is 11. The summed E-state index contributed by atoms with van der Waals surface area (Å²) >= 11 is 5.84. The largest absolute Gasteiger partial charge is 0.463 e. The van der Waals surface area contributed by atoms with Crippen molar-refractivity contribution in [2.45, 2.75) is 58.8 Å². The lowest BCUT2D eigenvalue weighted by molar-refractivity contribution is 0.291. The maximum atomic E-state index is 5.84. The minimum atomic E-state index is 0.163. The maximum absolute atomic E-state index is 5.84. The van der Waals surface area contributed by atoms with Crippen molar-refractivity contribution in [1.29, 1.82) is 0 Å². The molecule has 0 aliphatic rings. The Kier molecular flexibility index (Phi) is 9.04. The van der Waals surface area contributed by atoms with Crippen LogP contribution in [0.25, 0.3) is 0 Å². The van der Waals surface area contributed by atoms with E-state index in [9.17, 15) is 0 Å². The van der Waals surface area contributed by atoms with Gasteiger partial charge in [0.25, 0.3) is 0 Å². The molecule has 6 heteroatoms. The van der Waals surface area contributed by atoms with Crippen molar-refractivity contribution in [2.24, 2.45) is 0 Å². The zero-order chi connectivity index (χ0) is 14.6. The van der Waals surface area contributed by atoms with Gasteiger partial charge in [-0.1, -0.05) is 46.0 Å². The molecule has 1 aromatic heterocycles. The van der Waals surface area contributed by atoms with Crippen LogP contribution in [-0.4, -0.2) is 28.1 Å². The number of hydrogen-bond acceptors (Lipinski definition) is 5. The molecule has 1 N–H and O–H groups in total. The molecule has 0 fully saturated rings. The van der Waals surface area contributed by atoms with E-state index >= 15 is 0 Å². The zero-order valence-electron chi connectivity index (χ0n) is 12.5. The van der Waals surface area contributed by atoms with Gasteiger partial charge in [0, 0.05) is 6.54 Å². The lowest BCUT2D eigenvalue weighted by atomic mass is 10.1. The molecule has 1 heterocycles. The predicted molar refractivity (Wildman–Crippen MR) is 82.5 cm³/mol. The lowest BCUT2D eigenvalue weighted by Gasteiger charge is -2.07. The fraction of sp³-hybridized carbons (Fsp3) is 0.786. The molecule has 0 bridgehead atoms. The van der Waals surface area contributed by atoms with Crippen molar-refractivity contribution >= 4 is 17.5 Å². The van der Waals surface area contributed by atoms with E-state index in [1.54, 1.807) is 0 Å². The summed E-state index contributed by atoms with van der Waals surface area (Å²) in [7, 11) is 0. The van der Waals surface area contributed by atoms with Gasteiger partial charge in [0.2, 0.25) is 11.2 Å². The van der Waals surface area contributed by atoms with Gasteiger partial charge in [-0.05, 0) is 24.4 Å². The van der Waals surface area contributed by atoms with E-state index < -0.39 is 0 Å². The Balaban J connectivity index is 2.26. The van der Waals surface area contributed by atoms with Crippen LogP contribution >= 0.6 is 11.6 Å². The Morgan fingerprint density at radius 1 is 0.950 bits per heavy atom. The molecule has 0 aliphatic carbocycles. The predicted octanol–water partition coefficient (Wildman–Crippen LogP) is 4.09. The number of hydrogen-bond donors (Lipinski definition) is 1. The van der Waals surface area contributed by atoms with Gasteiger partial charge in [-0.3, -0.25) is 0 Å². The molecule has 114 valence electrons. The summed E-state index contributed by atoms with van der Waals surface area (Å²) in [6, 6.07) is 0.289. The van der Waals surface area contributed by atoms with Crippen LogP contribution in [0.4, 0.5) is 5.95 Å². The molecule has 0 atom stereocenters. The Hall–Kier alpha value is -1.10. The highest BCUT2D eigenvalue weighted by Gasteiger charge is 2.05. The Bertz CT molecular complexity index is 376. The number of nitrogens with zero attached hydrogens (tertiary/aromatic N) is 3. The summed E-state index contributed by atoms with van der Waals surface area (Å²) in [6.07, 6.45) is 8.46. The zero-order valence-corrected chi connectivity index (χ0v) is 13.2. The Morgan fingerprint density at radius 2 is 1.70 bits per heavy atom. The SMILES string of the molecule is CCCCCCCCNc1nc(Cl)nc(OCCC)n1. The molecule has 1 aromatic rings. The minimum Gasteiger partial charge on any atom is -0.463 e. The molecular formula is C14H25ClN4O. The quantitative estimate of drug-likeness (QED) is 0.624. The molecule has 5 nitrogen and oxygen atoms in total. The Morgan fingerprint density at radius 3 is 2.45 bits per heavy atom. The average Bonchev–Trinajstić information content (AvgIpc) is 2.43. The van der Waals surface area contributed by atoms with Gasteiger partial charge in [0.05, 0.1) is 6.61 Å². The van der Waals surface area contributed by atoms with Crippen molar-refractivity contribution in [2.75, 3.05) is 18.5 Å². The Labute approximate surface area is 126 Å². The molecular weight excluding hydrogens is 276 g/mol. The van der Waals surface area contributed by atoms with Crippen LogP contribution in [0.3, 0.4) is 0 Å². The molecule has 0 radical (unpaired) electrons. The highest BCUT2D eigenvalue weighted by atomic mass is 35.5. The van der Waals surface area contributed by atoms with Gasteiger partial charge in [-0.25, -0.2) is 0 Å². The van der Waals surface area contributed by atoms with Crippen molar-refractivity contribution in [3.05, 3.63) is 5.28 Å². The van der Waals surface area contributed by atoms with E-state index in [0.717, 1.165) is 19.4 Å². The number of unbranched alkanes of at least 4 members (excludes halogenated alkanes) is 5. The molecule has 0 aliphatic heterocycles. The van der Waals surface area contributed by atoms with Gasteiger partial charge >= 0.3 is 6.01 Å². The first-order chi connectivity index (χ1) is 9.76. The third kappa shape index (κ3) is 7.48. The highest BCUT2D eigenvalue weighted by molar-refractivity contribution is 6.28. The molecule has 20 heavy (non-hydrogen) atoms. The van der Waals surface area contributed by atoms with E-state index in [2.05, 4.69) is 27.2 Å². The van der Waals surface area contributed by atoms with Crippen LogP contribution in [-0.2, 0) is 0 Å². The number of halogens is 1. The van der Waals surface area contributed by atoms with Crippen molar-refractivity contribution in [3.8, 4) is 6.01 Å². The molecule has 0 aromatic carbocycles. The summed E-state index contributed by atoms with van der Waals surface area (Å²) in [4.78, 5) is 12.2. The molecule has 0 saturated heterocycles. The number of anilines is 1. The third-order valence-corrected chi connectivity index (χ3v) is 3.01. The molecule has 0 spiro atoms. The first-order valence-corrected chi connectivity index (χ1v) is 7.92. The van der Waals surface area contributed by atoms with Gasteiger partial charge in [-0.2, -0.15) is 15.0 Å². The van der Waals surface area contributed by atoms with E-state index in [4.69, 9.17) is 16.3 Å². The van der Waals surface area contributed by atoms with Gasteiger partial charge < -0.3 is 10.1 Å². The maximum Gasteiger partial charge on any atom is 0.322 e. The van der Waals surface area contributed by atoms with Crippen molar-refractivity contribution in [1.82, 2.24) is 15.0 Å². The monoisotopic (exact) mass is 300 g/mol. The molecule has 0 amide bonds. The van der Waals surface area contributed by atoms with Gasteiger partial charge in [-0.15, -0.1) is 0 Å². The van der Waals surface area contributed by atoms with E-state index in [0.29, 0.717) is 12.6 Å². The first-order valence-electron chi connectivity index (χ1n) is 7.54. The second-order valence-electron chi connectivity index (χ2n) is 4.75. The van der Waals surface area contributed by atoms with E-state index in [1.165, 1.54) is 32.1 Å². The average molecular weight is 301 g/mol. The van der Waals surface area contributed by atoms with Crippen LogP contribution in [0.1, 0.15) is 58.8 Å². The van der Waals surface area contributed by atoms with Crippen molar-refractivity contribution in [3.63, 3.8) is 0 Å². The summed E-state index contributed by atoms with van der Waals surface area (Å²) in [5, 5.41) is 3.33. The first kappa shape index (κ1) is 17.0. The second kappa shape index (κ2) is 10.7. The third-order valence-electron chi connectivity index (χ3n) is 2.84. The van der Waals surface area contributed by atoms with E-state index in [-0.39, 0.29) is 11.3 Å². The fourth-order valence-electron chi connectivity index (χ4n) is 1.77. The summed E-state index contributed by atoms with van der Waals surface area (Å²) < 4.78 is 5.36. The van der Waals surface area contributed by atoms with Crippen LogP contribution in [0.15, 0.2) is 0 Å².